The number of hydrogen-bond acceptors (Lipinski definition) is 7. The summed E-state index contributed by atoms with van der Waals surface area (Å²) in [6.45, 7) is 3.57. The van der Waals surface area contributed by atoms with E-state index in [0.717, 1.165) is 0 Å². The predicted molar refractivity (Wildman–Crippen MR) is 65.7 cm³/mol. The van der Waals surface area contributed by atoms with E-state index in [2.05, 4.69) is 0 Å². The van der Waals surface area contributed by atoms with Gasteiger partial charge in [0, 0.05) is 0 Å². The van der Waals surface area contributed by atoms with Crippen molar-refractivity contribution in [2.75, 3.05) is 6.26 Å². The van der Waals surface area contributed by atoms with Crippen LogP contribution < -0.4 is 0 Å². The Labute approximate surface area is 109 Å². The lowest BCUT2D eigenvalue weighted by Gasteiger charge is -2.23. The Bertz CT molecular complexity index is 333. The third kappa shape index (κ3) is 2.63. The maximum Gasteiger partial charge on any atom is 0.220 e. The summed E-state index contributed by atoms with van der Waals surface area (Å²) in [7, 11) is 0. The highest BCUT2D eigenvalue weighted by atomic mass is 32.2. The number of ether oxygens (including phenoxy) is 4. The standard InChI is InChI=1S/C10H14O5S2/c1-10(2)14-7-6(13-9(16)17-3)5(4-11)12-8(7)15-10/h4-8H,1-3H3/t5-,6+,7-,8-/m1/s1. The van der Waals surface area contributed by atoms with Gasteiger partial charge >= 0.3 is 0 Å². The SMILES string of the molecule is CSC(=S)O[C@@H]1[C@H]2OC(C)(C)O[C@H]2O[C@@H]1C=O. The number of thioether (sulfide) groups is 1. The van der Waals surface area contributed by atoms with Crippen LogP contribution in [-0.4, -0.2) is 47.3 Å². The summed E-state index contributed by atoms with van der Waals surface area (Å²) in [6.07, 6.45) is 0.248. The minimum atomic E-state index is -0.730. The molecule has 5 nitrogen and oxygen atoms in total. The first-order valence-electron chi connectivity index (χ1n) is 5.18. The van der Waals surface area contributed by atoms with Crippen molar-refractivity contribution in [3.63, 3.8) is 0 Å². The molecule has 0 saturated carbocycles. The number of rotatable bonds is 2. The van der Waals surface area contributed by atoms with Crippen LogP contribution in [-0.2, 0) is 23.7 Å². The zero-order chi connectivity index (χ0) is 12.6. The molecule has 17 heavy (non-hydrogen) atoms. The fraction of sp³-hybridized carbons (Fsp3) is 0.800. The highest BCUT2D eigenvalue weighted by molar-refractivity contribution is 8.22. The van der Waals surface area contributed by atoms with Crippen molar-refractivity contribution in [1.82, 2.24) is 0 Å². The lowest BCUT2D eigenvalue weighted by Crippen LogP contribution is -2.38. The summed E-state index contributed by atoms with van der Waals surface area (Å²) < 4.78 is 22.5. The topological polar surface area (TPSA) is 54.0 Å². The molecule has 0 aromatic heterocycles. The van der Waals surface area contributed by atoms with E-state index in [9.17, 15) is 4.79 Å². The third-order valence-electron chi connectivity index (χ3n) is 2.56. The van der Waals surface area contributed by atoms with E-state index in [0.29, 0.717) is 10.7 Å². The van der Waals surface area contributed by atoms with Crippen LogP contribution in [0.25, 0.3) is 0 Å². The van der Waals surface area contributed by atoms with E-state index in [1.807, 2.05) is 6.26 Å². The lowest BCUT2D eigenvalue weighted by atomic mass is 10.1. The van der Waals surface area contributed by atoms with Crippen LogP contribution in [0.2, 0.25) is 0 Å². The highest BCUT2D eigenvalue weighted by Crippen LogP contribution is 2.38. The summed E-state index contributed by atoms with van der Waals surface area (Å²) in [5, 5.41) is 0. The average molecular weight is 278 g/mol. The molecule has 0 aromatic rings. The van der Waals surface area contributed by atoms with Crippen molar-refractivity contribution in [2.45, 2.75) is 44.2 Å². The zero-order valence-electron chi connectivity index (χ0n) is 9.74. The second-order valence-corrected chi connectivity index (χ2v) is 5.65. The first-order valence-corrected chi connectivity index (χ1v) is 6.81. The lowest BCUT2D eigenvalue weighted by molar-refractivity contribution is -0.210. The first kappa shape index (κ1) is 13.2. The molecule has 0 spiro atoms. The van der Waals surface area contributed by atoms with E-state index in [4.69, 9.17) is 31.2 Å². The molecule has 0 amide bonds. The van der Waals surface area contributed by atoms with Crippen LogP contribution in [0.4, 0.5) is 0 Å². The van der Waals surface area contributed by atoms with Gasteiger partial charge in [-0.3, -0.25) is 0 Å². The van der Waals surface area contributed by atoms with Crippen molar-refractivity contribution in [3.05, 3.63) is 0 Å². The molecule has 2 rings (SSSR count). The van der Waals surface area contributed by atoms with Crippen LogP contribution in [0.5, 0.6) is 0 Å². The van der Waals surface area contributed by atoms with Gasteiger partial charge in [-0.05, 0) is 32.3 Å². The molecule has 0 bridgehead atoms. The van der Waals surface area contributed by atoms with Gasteiger partial charge in [0.2, 0.25) is 4.38 Å². The summed E-state index contributed by atoms with van der Waals surface area (Å²) in [5.41, 5.74) is 0. The molecule has 2 fully saturated rings. The Kier molecular flexibility index (Phi) is 3.74. The van der Waals surface area contributed by atoms with Gasteiger partial charge in [0.25, 0.3) is 0 Å². The molecule has 0 unspecified atom stereocenters. The minimum Gasteiger partial charge on any atom is -0.469 e. The molecule has 96 valence electrons. The largest absolute Gasteiger partial charge is 0.469 e. The second kappa shape index (κ2) is 4.81. The molecule has 7 heteroatoms. The molecule has 0 radical (unpaired) electrons. The first-order chi connectivity index (χ1) is 7.96. The van der Waals surface area contributed by atoms with Crippen LogP contribution in [0.3, 0.4) is 0 Å². The summed E-state index contributed by atoms with van der Waals surface area (Å²) >= 11 is 6.28. The van der Waals surface area contributed by atoms with Crippen molar-refractivity contribution < 1.29 is 23.7 Å². The summed E-state index contributed by atoms with van der Waals surface area (Å²) in [5.74, 6) is -0.730. The maximum atomic E-state index is 10.9. The Morgan fingerprint density at radius 3 is 2.76 bits per heavy atom. The van der Waals surface area contributed by atoms with Crippen LogP contribution in [0, 0.1) is 0 Å². The molecular formula is C10H14O5S2. The van der Waals surface area contributed by atoms with Crippen LogP contribution >= 0.6 is 24.0 Å². The van der Waals surface area contributed by atoms with Gasteiger partial charge in [0.05, 0.1) is 0 Å². The van der Waals surface area contributed by atoms with Gasteiger partial charge in [-0.25, -0.2) is 0 Å². The Hall–Kier alpha value is -0.210. The van der Waals surface area contributed by atoms with Gasteiger partial charge in [0.1, 0.15) is 0 Å². The Morgan fingerprint density at radius 1 is 1.47 bits per heavy atom. The van der Waals surface area contributed by atoms with E-state index in [-0.39, 0.29) is 0 Å². The van der Waals surface area contributed by atoms with E-state index >= 15 is 0 Å². The van der Waals surface area contributed by atoms with E-state index < -0.39 is 30.4 Å². The van der Waals surface area contributed by atoms with Crippen molar-refractivity contribution in [3.8, 4) is 0 Å². The van der Waals surface area contributed by atoms with E-state index in [1.165, 1.54) is 11.8 Å². The smallest absolute Gasteiger partial charge is 0.220 e. The number of fused-ring (bicyclic) bond motifs is 1. The Balaban J connectivity index is 2.10. The number of thiocarbonyl (C=S) groups is 1. The van der Waals surface area contributed by atoms with Crippen LogP contribution in [0.15, 0.2) is 0 Å². The molecule has 0 aromatic carbocycles. The number of hydrogen-bond donors (Lipinski definition) is 0. The fourth-order valence-electron chi connectivity index (χ4n) is 1.91. The normalized spacial score (nSPS) is 38.8. The molecule has 2 aliphatic heterocycles. The van der Waals surface area contributed by atoms with E-state index in [1.54, 1.807) is 13.8 Å². The molecule has 2 heterocycles. The predicted octanol–water partition coefficient (Wildman–Crippen LogP) is 1.09. The number of carbonyl (C=O) groups excluding carboxylic acids is 1. The molecule has 2 aliphatic rings. The summed E-state index contributed by atoms with van der Waals surface area (Å²) in [4.78, 5) is 10.9. The van der Waals surface area contributed by atoms with Gasteiger partial charge in [-0.1, -0.05) is 11.8 Å². The molecule has 0 aliphatic carbocycles. The van der Waals surface area contributed by atoms with Gasteiger partial charge in [-0.15, -0.1) is 0 Å². The molecule has 2 saturated heterocycles. The van der Waals surface area contributed by atoms with Gasteiger partial charge in [-0.2, -0.15) is 0 Å². The monoisotopic (exact) mass is 278 g/mol. The number of aldehydes is 1. The van der Waals surface area contributed by atoms with Gasteiger partial charge in [0.15, 0.2) is 36.7 Å². The van der Waals surface area contributed by atoms with Crippen molar-refractivity contribution >= 4 is 34.6 Å². The Morgan fingerprint density at radius 2 is 2.18 bits per heavy atom. The quantitative estimate of drug-likeness (QED) is 0.553. The zero-order valence-corrected chi connectivity index (χ0v) is 11.4. The summed E-state index contributed by atoms with van der Waals surface area (Å²) in [6, 6.07) is 0. The average Bonchev–Trinajstić information content (AvgIpc) is 2.72. The van der Waals surface area contributed by atoms with Crippen molar-refractivity contribution in [1.29, 1.82) is 0 Å². The second-order valence-electron chi connectivity index (χ2n) is 4.24. The molecule has 0 N–H and O–H groups in total. The molecule has 4 atom stereocenters. The number of carbonyl (C=O) groups is 1. The van der Waals surface area contributed by atoms with Crippen molar-refractivity contribution in [2.24, 2.45) is 0 Å². The minimum absolute atomic E-state index is 0.361. The maximum absolute atomic E-state index is 10.9. The highest BCUT2D eigenvalue weighted by Gasteiger charge is 2.56. The van der Waals surface area contributed by atoms with Gasteiger partial charge < -0.3 is 23.7 Å². The fourth-order valence-corrected chi connectivity index (χ4v) is 2.23. The van der Waals surface area contributed by atoms with Crippen LogP contribution in [0.1, 0.15) is 13.8 Å². The third-order valence-corrected chi connectivity index (χ3v) is 3.59. The molecular weight excluding hydrogens is 264 g/mol.